The third kappa shape index (κ3) is 3.34. The monoisotopic (exact) mass is 296 g/mol. The highest BCUT2D eigenvalue weighted by atomic mass is 32.1. The van der Waals surface area contributed by atoms with E-state index >= 15 is 0 Å². The normalized spacial score (nSPS) is 24.8. The molecule has 1 aromatic rings. The first-order valence-electron chi connectivity index (χ1n) is 7.61. The van der Waals surface area contributed by atoms with Crippen LogP contribution in [0.15, 0.2) is 0 Å². The molecule has 1 aliphatic heterocycles. The number of thiazole rings is 1. The molecule has 1 aromatic heterocycles. The molecule has 106 valence electrons. The Balaban J connectivity index is 1.60. The van der Waals surface area contributed by atoms with Gasteiger partial charge < -0.3 is 4.90 Å². The second kappa shape index (κ2) is 6.15. The van der Waals surface area contributed by atoms with Gasteiger partial charge in [-0.1, -0.05) is 6.42 Å². The van der Waals surface area contributed by atoms with Crippen molar-refractivity contribution >= 4 is 24.0 Å². The minimum Gasteiger partial charge on any atom is -0.300 e. The first-order chi connectivity index (χ1) is 9.28. The highest BCUT2D eigenvalue weighted by Gasteiger charge is 2.29. The second-order valence-corrected chi connectivity index (χ2v) is 7.46. The van der Waals surface area contributed by atoms with E-state index in [1.807, 2.05) is 11.3 Å². The van der Waals surface area contributed by atoms with Gasteiger partial charge in [0.25, 0.3) is 0 Å². The molecule has 2 nitrogen and oxygen atoms in total. The summed E-state index contributed by atoms with van der Waals surface area (Å²) in [7, 11) is 0. The molecule has 1 aliphatic carbocycles. The molecule has 3 rings (SSSR count). The van der Waals surface area contributed by atoms with Crippen LogP contribution in [0.1, 0.15) is 60.5 Å². The lowest BCUT2D eigenvalue weighted by Crippen LogP contribution is -2.38. The van der Waals surface area contributed by atoms with Crippen molar-refractivity contribution in [2.24, 2.45) is 0 Å². The van der Waals surface area contributed by atoms with Crippen LogP contribution < -0.4 is 0 Å². The number of likely N-dealkylation sites (tertiary alicyclic amines) is 1. The molecule has 2 heterocycles. The van der Waals surface area contributed by atoms with Gasteiger partial charge in [-0.15, -0.1) is 11.3 Å². The van der Waals surface area contributed by atoms with E-state index in [1.54, 1.807) is 0 Å². The Bertz CT molecular complexity index is 426. The molecule has 2 aliphatic rings. The molecule has 1 saturated heterocycles. The smallest absolute Gasteiger partial charge is 0.0944 e. The van der Waals surface area contributed by atoms with E-state index in [9.17, 15) is 0 Å². The molecular formula is C15H24N2S2. The molecule has 1 saturated carbocycles. The van der Waals surface area contributed by atoms with Crippen LogP contribution in [-0.2, 0) is 12.2 Å². The van der Waals surface area contributed by atoms with Gasteiger partial charge in [0.15, 0.2) is 0 Å². The zero-order valence-electron chi connectivity index (χ0n) is 11.8. The summed E-state index contributed by atoms with van der Waals surface area (Å²) in [4.78, 5) is 8.96. The number of hydrogen-bond donors (Lipinski definition) is 1. The molecule has 0 N–H and O–H groups in total. The summed E-state index contributed by atoms with van der Waals surface area (Å²) < 4.78 is 0. The maximum absolute atomic E-state index is 4.90. The Kier molecular flexibility index (Phi) is 4.50. The van der Waals surface area contributed by atoms with Gasteiger partial charge in [-0.25, -0.2) is 4.98 Å². The van der Waals surface area contributed by atoms with Crippen LogP contribution in [0, 0.1) is 0 Å². The van der Waals surface area contributed by atoms with Gasteiger partial charge in [-0.3, -0.25) is 0 Å². The summed E-state index contributed by atoms with van der Waals surface area (Å²) in [6, 6.07) is 0.765. The minimum absolute atomic E-state index is 0.765. The summed E-state index contributed by atoms with van der Waals surface area (Å²) in [5.74, 6) is 1.63. The SMILES string of the molecule is CC1CCCCN1CCc1nc(C2CC2)c(CS)s1. The van der Waals surface area contributed by atoms with Crippen molar-refractivity contribution in [2.75, 3.05) is 13.1 Å². The third-order valence-electron chi connectivity index (χ3n) is 4.43. The number of hydrogen-bond acceptors (Lipinski definition) is 4. The number of nitrogens with zero attached hydrogens (tertiary/aromatic N) is 2. The molecule has 1 unspecified atom stereocenters. The lowest BCUT2D eigenvalue weighted by molar-refractivity contribution is 0.163. The summed E-state index contributed by atoms with van der Waals surface area (Å²) in [5, 5.41) is 1.34. The predicted octanol–water partition coefficient (Wildman–Crippen LogP) is 3.87. The average Bonchev–Trinajstić information content (AvgIpc) is 3.18. The van der Waals surface area contributed by atoms with Gasteiger partial charge >= 0.3 is 0 Å². The average molecular weight is 297 g/mol. The first-order valence-corrected chi connectivity index (χ1v) is 9.06. The van der Waals surface area contributed by atoms with Crippen molar-refractivity contribution in [3.05, 3.63) is 15.6 Å². The van der Waals surface area contributed by atoms with E-state index in [0.717, 1.165) is 24.1 Å². The fourth-order valence-electron chi connectivity index (χ4n) is 3.04. The molecule has 0 spiro atoms. The number of piperidine rings is 1. The molecule has 4 heteroatoms. The summed E-state index contributed by atoms with van der Waals surface area (Å²) in [6.45, 7) is 4.84. The van der Waals surface area contributed by atoms with Crippen LogP contribution in [0.3, 0.4) is 0 Å². The van der Waals surface area contributed by atoms with Crippen LogP contribution in [0.4, 0.5) is 0 Å². The van der Waals surface area contributed by atoms with Crippen LogP contribution in [0.25, 0.3) is 0 Å². The molecule has 2 fully saturated rings. The largest absolute Gasteiger partial charge is 0.300 e. The molecule has 19 heavy (non-hydrogen) atoms. The van der Waals surface area contributed by atoms with Crippen LogP contribution in [0.2, 0.25) is 0 Å². The first kappa shape index (κ1) is 13.9. The maximum Gasteiger partial charge on any atom is 0.0944 e. The predicted molar refractivity (Wildman–Crippen MR) is 85.4 cm³/mol. The van der Waals surface area contributed by atoms with Crippen molar-refractivity contribution in [1.29, 1.82) is 0 Å². The fourth-order valence-corrected chi connectivity index (χ4v) is 4.40. The number of aromatic nitrogens is 1. The van der Waals surface area contributed by atoms with E-state index in [-0.39, 0.29) is 0 Å². The Morgan fingerprint density at radius 1 is 1.32 bits per heavy atom. The van der Waals surface area contributed by atoms with E-state index in [4.69, 9.17) is 4.98 Å². The highest BCUT2D eigenvalue weighted by Crippen LogP contribution is 2.43. The van der Waals surface area contributed by atoms with Crippen molar-refractivity contribution in [3.63, 3.8) is 0 Å². The lowest BCUT2D eigenvalue weighted by Gasteiger charge is -2.33. The Labute approximate surface area is 126 Å². The van der Waals surface area contributed by atoms with Gasteiger partial charge in [-0.05, 0) is 39.2 Å². The van der Waals surface area contributed by atoms with Crippen molar-refractivity contribution in [2.45, 2.75) is 63.2 Å². The molecule has 1 atom stereocenters. The van der Waals surface area contributed by atoms with Crippen molar-refractivity contribution in [1.82, 2.24) is 9.88 Å². The molecule has 0 radical (unpaired) electrons. The van der Waals surface area contributed by atoms with E-state index < -0.39 is 0 Å². The van der Waals surface area contributed by atoms with E-state index in [2.05, 4.69) is 24.5 Å². The van der Waals surface area contributed by atoms with E-state index in [0.29, 0.717) is 0 Å². The van der Waals surface area contributed by atoms with Gasteiger partial charge in [0.05, 0.1) is 10.7 Å². The van der Waals surface area contributed by atoms with Gasteiger partial charge in [0.1, 0.15) is 0 Å². The Morgan fingerprint density at radius 3 is 2.84 bits per heavy atom. The summed E-state index contributed by atoms with van der Waals surface area (Å²) >= 11 is 6.36. The summed E-state index contributed by atoms with van der Waals surface area (Å²) in [5.41, 5.74) is 1.38. The van der Waals surface area contributed by atoms with Crippen LogP contribution in [0.5, 0.6) is 0 Å². The lowest BCUT2D eigenvalue weighted by atomic mass is 10.0. The van der Waals surface area contributed by atoms with Gasteiger partial charge in [0.2, 0.25) is 0 Å². The van der Waals surface area contributed by atoms with Crippen molar-refractivity contribution < 1.29 is 0 Å². The third-order valence-corrected chi connectivity index (χ3v) is 6.09. The second-order valence-electron chi connectivity index (χ2n) is 5.98. The standard InChI is InChI=1S/C15H24N2S2/c1-11-4-2-3-8-17(11)9-7-14-16-15(12-5-6-12)13(10-18)19-14/h11-12,18H,2-10H2,1H3. The fraction of sp³-hybridized carbons (Fsp3) is 0.800. The quantitative estimate of drug-likeness (QED) is 0.830. The van der Waals surface area contributed by atoms with Crippen LogP contribution >= 0.6 is 24.0 Å². The van der Waals surface area contributed by atoms with Gasteiger partial charge in [0, 0.05) is 35.6 Å². The number of rotatable bonds is 5. The van der Waals surface area contributed by atoms with E-state index in [1.165, 1.54) is 60.8 Å². The van der Waals surface area contributed by atoms with Gasteiger partial charge in [-0.2, -0.15) is 12.6 Å². The molecule has 0 amide bonds. The zero-order valence-corrected chi connectivity index (χ0v) is 13.5. The Morgan fingerprint density at radius 2 is 2.16 bits per heavy atom. The van der Waals surface area contributed by atoms with Crippen LogP contribution in [-0.4, -0.2) is 29.0 Å². The minimum atomic E-state index is 0.765. The molecule has 0 bridgehead atoms. The highest BCUT2D eigenvalue weighted by molar-refractivity contribution is 7.79. The van der Waals surface area contributed by atoms with Crippen molar-refractivity contribution in [3.8, 4) is 0 Å². The maximum atomic E-state index is 4.90. The molecule has 0 aromatic carbocycles. The zero-order chi connectivity index (χ0) is 13.2. The Hall–Kier alpha value is -0.0600. The summed E-state index contributed by atoms with van der Waals surface area (Å²) in [6.07, 6.45) is 7.96. The topological polar surface area (TPSA) is 16.1 Å². The number of thiol groups is 1. The molecular weight excluding hydrogens is 272 g/mol.